The van der Waals surface area contributed by atoms with Gasteiger partial charge in [0.2, 0.25) is 0 Å². The molecule has 3 nitrogen and oxygen atoms in total. The molecule has 0 spiro atoms. The Morgan fingerprint density at radius 3 is 2.65 bits per heavy atom. The highest BCUT2D eigenvalue weighted by Crippen LogP contribution is 2.25. The summed E-state index contributed by atoms with van der Waals surface area (Å²) in [7, 11) is 0. The van der Waals surface area contributed by atoms with Crippen molar-refractivity contribution < 1.29 is 0 Å². The summed E-state index contributed by atoms with van der Waals surface area (Å²) in [4.78, 5) is 7.99. The average molecular weight is 276 g/mol. The largest absolute Gasteiger partial charge is 0.375 e. The lowest BCUT2D eigenvalue weighted by atomic mass is 9.94. The Morgan fingerprint density at radius 2 is 2.12 bits per heavy atom. The number of aromatic nitrogens is 1. The fraction of sp³-hybridized carbons (Fsp3) is 0.750. The molecular weight excluding hydrogens is 254 g/mol. The van der Waals surface area contributed by atoms with Crippen molar-refractivity contribution in [2.24, 2.45) is 0 Å². The summed E-state index contributed by atoms with van der Waals surface area (Å²) in [5.74, 6) is 0. The number of nitrogens with zero attached hydrogens (tertiary/aromatic N) is 2. The molecule has 0 aromatic carbocycles. The van der Waals surface area contributed by atoms with Crippen LogP contribution in [0.4, 0.5) is 5.13 Å². The number of thiazole rings is 1. The van der Waals surface area contributed by atoms with Crippen molar-refractivity contribution in [2.45, 2.75) is 51.6 Å². The van der Waals surface area contributed by atoms with Gasteiger partial charge in [0.25, 0.3) is 0 Å². The molecule has 0 unspecified atom stereocenters. The fourth-order valence-corrected chi connectivity index (χ4v) is 3.25. The molecule has 0 aliphatic heterocycles. The smallest absolute Gasteiger partial charge is 0.180 e. The molecule has 1 aliphatic carbocycles. The van der Waals surface area contributed by atoms with Crippen LogP contribution in [-0.2, 0) is 6.54 Å². The predicted molar refractivity (Wildman–Crippen MR) is 76.7 cm³/mol. The highest BCUT2D eigenvalue weighted by atomic mass is 35.5. The molecule has 1 aliphatic rings. The molecule has 0 bridgehead atoms. The average Bonchev–Trinajstić information content (AvgIpc) is 2.73. The molecule has 1 fully saturated rings. The Bertz CT molecular complexity index is 323. The van der Waals surface area contributed by atoms with E-state index in [9.17, 15) is 0 Å². The lowest BCUT2D eigenvalue weighted by molar-refractivity contribution is 0.157. The van der Waals surface area contributed by atoms with Crippen molar-refractivity contribution in [3.63, 3.8) is 0 Å². The van der Waals surface area contributed by atoms with Crippen LogP contribution < -0.4 is 5.73 Å². The molecule has 1 aromatic heterocycles. The van der Waals surface area contributed by atoms with Crippen molar-refractivity contribution in [3.05, 3.63) is 11.1 Å². The molecule has 0 atom stereocenters. The van der Waals surface area contributed by atoms with Gasteiger partial charge in [-0.15, -0.1) is 23.7 Å². The van der Waals surface area contributed by atoms with E-state index < -0.39 is 0 Å². The van der Waals surface area contributed by atoms with Crippen molar-refractivity contribution in [1.82, 2.24) is 9.88 Å². The van der Waals surface area contributed by atoms with Gasteiger partial charge in [0.1, 0.15) is 0 Å². The number of halogens is 1. The highest BCUT2D eigenvalue weighted by Gasteiger charge is 2.20. The van der Waals surface area contributed by atoms with Crippen molar-refractivity contribution >= 4 is 28.9 Å². The van der Waals surface area contributed by atoms with E-state index in [0.29, 0.717) is 5.13 Å². The van der Waals surface area contributed by atoms with Gasteiger partial charge in [-0.1, -0.05) is 26.2 Å². The van der Waals surface area contributed by atoms with E-state index in [1.807, 2.05) is 6.20 Å². The van der Waals surface area contributed by atoms with Gasteiger partial charge in [0.05, 0.1) is 0 Å². The van der Waals surface area contributed by atoms with E-state index in [1.54, 1.807) is 11.3 Å². The molecule has 1 aromatic rings. The molecule has 17 heavy (non-hydrogen) atoms. The third-order valence-electron chi connectivity index (χ3n) is 3.43. The van der Waals surface area contributed by atoms with E-state index in [0.717, 1.165) is 19.1 Å². The van der Waals surface area contributed by atoms with Crippen molar-refractivity contribution in [2.75, 3.05) is 12.3 Å². The van der Waals surface area contributed by atoms with Gasteiger partial charge in [-0.2, -0.15) is 0 Å². The van der Waals surface area contributed by atoms with Crippen LogP contribution >= 0.6 is 23.7 Å². The van der Waals surface area contributed by atoms with Crippen LogP contribution in [0.3, 0.4) is 0 Å². The zero-order valence-electron chi connectivity index (χ0n) is 10.4. The first-order valence-electron chi connectivity index (χ1n) is 6.24. The summed E-state index contributed by atoms with van der Waals surface area (Å²) >= 11 is 1.62. The Balaban J connectivity index is 0.00000144. The maximum atomic E-state index is 5.66. The van der Waals surface area contributed by atoms with Gasteiger partial charge in [0.15, 0.2) is 5.13 Å². The molecule has 2 N–H and O–H groups in total. The third-order valence-corrected chi connectivity index (χ3v) is 4.24. The lowest BCUT2D eigenvalue weighted by Gasteiger charge is -2.33. The Kier molecular flexibility index (Phi) is 6.23. The molecule has 1 heterocycles. The lowest BCUT2D eigenvalue weighted by Crippen LogP contribution is -2.35. The summed E-state index contributed by atoms with van der Waals surface area (Å²) in [6, 6.07) is 0.780. The van der Waals surface area contributed by atoms with Crippen LogP contribution in [-0.4, -0.2) is 22.5 Å². The number of rotatable bonds is 4. The van der Waals surface area contributed by atoms with Gasteiger partial charge in [-0.05, 0) is 19.4 Å². The zero-order valence-corrected chi connectivity index (χ0v) is 12.0. The van der Waals surface area contributed by atoms with E-state index in [4.69, 9.17) is 5.73 Å². The van der Waals surface area contributed by atoms with Gasteiger partial charge in [0, 0.05) is 23.7 Å². The molecule has 0 radical (unpaired) electrons. The molecule has 5 heteroatoms. The van der Waals surface area contributed by atoms with E-state index >= 15 is 0 Å². The summed E-state index contributed by atoms with van der Waals surface area (Å²) in [6.07, 6.45) is 8.86. The first kappa shape index (κ1) is 14.7. The minimum absolute atomic E-state index is 0. The van der Waals surface area contributed by atoms with Crippen LogP contribution in [0.1, 0.15) is 43.9 Å². The Morgan fingerprint density at radius 1 is 1.41 bits per heavy atom. The summed E-state index contributed by atoms with van der Waals surface area (Å²) < 4.78 is 0. The second kappa shape index (κ2) is 7.19. The van der Waals surface area contributed by atoms with E-state index in [-0.39, 0.29) is 12.4 Å². The Hall–Kier alpha value is -0.320. The van der Waals surface area contributed by atoms with Crippen LogP contribution in [0.15, 0.2) is 6.20 Å². The molecule has 98 valence electrons. The van der Waals surface area contributed by atoms with E-state index in [1.165, 1.54) is 37.0 Å². The summed E-state index contributed by atoms with van der Waals surface area (Å²) in [6.45, 7) is 4.40. The molecule has 0 saturated heterocycles. The molecule has 1 saturated carbocycles. The molecule has 2 rings (SSSR count). The van der Waals surface area contributed by atoms with Gasteiger partial charge in [-0.3, -0.25) is 4.90 Å². The van der Waals surface area contributed by atoms with Crippen molar-refractivity contribution in [3.8, 4) is 0 Å². The Labute approximate surface area is 114 Å². The number of hydrogen-bond donors (Lipinski definition) is 1. The quantitative estimate of drug-likeness (QED) is 0.917. The second-order valence-corrected chi connectivity index (χ2v) is 5.67. The van der Waals surface area contributed by atoms with Crippen LogP contribution in [0.25, 0.3) is 0 Å². The second-order valence-electron chi connectivity index (χ2n) is 4.52. The van der Waals surface area contributed by atoms with Crippen LogP contribution in [0, 0.1) is 0 Å². The van der Waals surface area contributed by atoms with Gasteiger partial charge < -0.3 is 5.73 Å². The monoisotopic (exact) mass is 275 g/mol. The zero-order chi connectivity index (χ0) is 11.4. The van der Waals surface area contributed by atoms with E-state index in [2.05, 4.69) is 16.8 Å². The number of anilines is 1. The van der Waals surface area contributed by atoms with Crippen LogP contribution in [0.5, 0.6) is 0 Å². The standard InChI is InChI=1S/C12H21N3S.ClH/c1-2-15(10-6-4-3-5-7-10)9-11-8-14-12(13)16-11;/h8,10H,2-7,9H2,1H3,(H2,13,14);1H. The molecule has 0 amide bonds. The summed E-state index contributed by atoms with van der Waals surface area (Å²) in [5, 5.41) is 0.690. The normalized spacial score (nSPS) is 17.1. The van der Waals surface area contributed by atoms with Crippen LogP contribution in [0.2, 0.25) is 0 Å². The third kappa shape index (κ3) is 4.12. The summed E-state index contributed by atoms with van der Waals surface area (Å²) in [5.41, 5.74) is 5.66. The number of nitrogen functional groups attached to an aromatic ring is 1. The first-order valence-corrected chi connectivity index (χ1v) is 7.05. The number of hydrogen-bond acceptors (Lipinski definition) is 4. The molecular formula is C12H22ClN3S. The SMILES string of the molecule is CCN(Cc1cnc(N)s1)C1CCCCC1.Cl. The van der Waals surface area contributed by atoms with Gasteiger partial charge >= 0.3 is 0 Å². The maximum absolute atomic E-state index is 5.66. The minimum atomic E-state index is 0. The topological polar surface area (TPSA) is 42.2 Å². The van der Waals surface area contributed by atoms with Crippen molar-refractivity contribution in [1.29, 1.82) is 0 Å². The minimum Gasteiger partial charge on any atom is -0.375 e. The fourth-order valence-electron chi connectivity index (χ4n) is 2.54. The maximum Gasteiger partial charge on any atom is 0.180 e. The predicted octanol–water partition coefficient (Wildman–Crippen LogP) is 3.30. The van der Waals surface area contributed by atoms with Gasteiger partial charge in [-0.25, -0.2) is 4.98 Å². The highest BCUT2D eigenvalue weighted by molar-refractivity contribution is 7.15. The number of nitrogens with two attached hydrogens (primary N) is 1. The first-order chi connectivity index (χ1) is 7.79.